The third-order valence-corrected chi connectivity index (χ3v) is 4.53. The van der Waals surface area contributed by atoms with E-state index in [-0.39, 0.29) is 15.8 Å². The molecule has 0 aliphatic rings. The fourth-order valence-electron chi connectivity index (χ4n) is 1.61. The van der Waals surface area contributed by atoms with Gasteiger partial charge in [-0.15, -0.1) is 0 Å². The lowest BCUT2D eigenvalue weighted by Crippen LogP contribution is -2.14. The standard InChI is InChI=1S/C13H10BrClN2O3S/c14-9-3-1-8(2-4-9)13(18)17-10-5-6-12(11(15)7-10)21(16,19)20/h1-7H,(H,17,18)(H2,16,19,20). The smallest absolute Gasteiger partial charge is 0.255 e. The van der Waals surface area contributed by atoms with Crippen molar-refractivity contribution in [3.8, 4) is 0 Å². The quantitative estimate of drug-likeness (QED) is 0.845. The number of hydrogen-bond acceptors (Lipinski definition) is 3. The minimum Gasteiger partial charge on any atom is -0.322 e. The molecule has 0 heterocycles. The van der Waals surface area contributed by atoms with Gasteiger partial charge in [-0.25, -0.2) is 13.6 Å². The van der Waals surface area contributed by atoms with E-state index in [9.17, 15) is 13.2 Å². The van der Waals surface area contributed by atoms with Gasteiger partial charge in [-0.3, -0.25) is 4.79 Å². The summed E-state index contributed by atoms with van der Waals surface area (Å²) in [6.07, 6.45) is 0. The molecule has 0 aliphatic heterocycles. The van der Waals surface area contributed by atoms with Crippen molar-refractivity contribution < 1.29 is 13.2 Å². The molecule has 0 atom stereocenters. The van der Waals surface area contributed by atoms with Crippen LogP contribution in [-0.4, -0.2) is 14.3 Å². The van der Waals surface area contributed by atoms with E-state index in [1.54, 1.807) is 24.3 Å². The Morgan fingerprint density at radius 1 is 1.14 bits per heavy atom. The maximum absolute atomic E-state index is 12.0. The van der Waals surface area contributed by atoms with Gasteiger partial charge in [0, 0.05) is 15.7 Å². The van der Waals surface area contributed by atoms with Crippen molar-refractivity contribution in [3.05, 3.63) is 57.5 Å². The van der Waals surface area contributed by atoms with Crippen molar-refractivity contribution in [3.63, 3.8) is 0 Å². The van der Waals surface area contributed by atoms with Gasteiger partial charge >= 0.3 is 0 Å². The number of nitrogens with two attached hydrogens (primary N) is 1. The van der Waals surface area contributed by atoms with E-state index in [0.29, 0.717) is 11.3 Å². The minimum atomic E-state index is -3.89. The summed E-state index contributed by atoms with van der Waals surface area (Å²) in [6, 6.07) is 10.8. The Kier molecular flexibility index (Phi) is 4.67. The topological polar surface area (TPSA) is 89.3 Å². The normalized spacial score (nSPS) is 11.2. The lowest BCUT2D eigenvalue weighted by atomic mass is 10.2. The number of anilines is 1. The van der Waals surface area contributed by atoms with Gasteiger partial charge in [0.1, 0.15) is 4.90 Å². The monoisotopic (exact) mass is 388 g/mol. The van der Waals surface area contributed by atoms with Crippen LogP contribution in [0.4, 0.5) is 5.69 Å². The van der Waals surface area contributed by atoms with Crippen LogP contribution in [0.15, 0.2) is 51.8 Å². The first kappa shape index (κ1) is 16.0. The summed E-state index contributed by atoms with van der Waals surface area (Å²) in [5.74, 6) is -0.332. The summed E-state index contributed by atoms with van der Waals surface area (Å²) in [6.45, 7) is 0. The molecule has 0 saturated carbocycles. The van der Waals surface area contributed by atoms with Crippen LogP contribution in [0.2, 0.25) is 5.02 Å². The zero-order valence-electron chi connectivity index (χ0n) is 10.5. The highest BCUT2D eigenvalue weighted by Crippen LogP contribution is 2.24. The summed E-state index contributed by atoms with van der Waals surface area (Å²) in [4.78, 5) is 11.8. The lowest BCUT2D eigenvalue weighted by Gasteiger charge is -2.08. The molecular weight excluding hydrogens is 380 g/mol. The number of rotatable bonds is 3. The van der Waals surface area contributed by atoms with Crippen LogP contribution in [0.25, 0.3) is 0 Å². The predicted molar refractivity (Wildman–Crippen MR) is 84.9 cm³/mol. The molecule has 0 saturated heterocycles. The molecule has 8 heteroatoms. The lowest BCUT2D eigenvalue weighted by molar-refractivity contribution is 0.102. The van der Waals surface area contributed by atoms with Gasteiger partial charge in [-0.1, -0.05) is 27.5 Å². The Balaban J connectivity index is 2.22. The van der Waals surface area contributed by atoms with E-state index in [0.717, 1.165) is 4.47 Å². The summed E-state index contributed by atoms with van der Waals surface area (Å²) in [7, 11) is -3.89. The number of benzene rings is 2. The fraction of sp³-hybridized carbons (Fsp3) is 0. The molecule has 21 heavy (non-hydrogen) atoms. The molecule has 0 bridgehead atoms. The van der Waals surface area contributed by atoms with Crippen LogP contribution in [0.1, 0.15) is 10.4 Å². The molecular formula is C13H10BrClN2O3S. The van der Waals surface area contributed by atoms with Gasteiger partial charge in [-0.05, 0) is 42.5 Å². The Bertz CT molecular complexity index is 792. The molecule has 0 radical (unpaired) electrons. The van der Waals surface area contributed by atoms with E-state index in [1.165, 1.54) is 18.2 Å². The van der Waals surface area contributed by atoms with Gasteiger partial charge in [0.2, 0.25) is 10.0 Å². The number of amides is 1. The van der Waals surface area contributed by atoms with Crippen LogP contribution in [-0.2, 0) is 10.0 Å². The van der Waals surface area contributed by atoms with E-state index < -0.39 is 10.0 Å². The van der Waals surface area contributed by atoms with E-state index in [4.69, 9.17) is 16.7 Å². The number of carbonyl (C=O) groups is 1. The van der Waals surface area contributed by atoms with Gasteiger partial charge in [0.25, 0.3) is 5.91 Å². The maximum atomic E-state index is 12.0. The zero-order chi connectivity index (χ0) is 15.6. The highest BCUT2D eigenvalue weighted by Gasteiger charge is 2.14. The van der Waals surface area contributed by atoms with Crippen molar-refractivity contribution in [2.24, 2.45) is 5.14 Å². The Labute approximate surface area is 135 Å². The number of nitrogens with one attached hydrogen (secondary N) is 1. The SMILES string of the molecule is NS(=O)(=O)c1ccc(NC(=O)c2ccc(Br)cc2)cc1Cl. The maximum Gasteiger partial charge on any atom is 0.255 e. The van der Waals surface area contributed by atoms with Gasteiger partial charge in [-0.2, -0.15) is 0 Å². The number of halogens is 2. The molecule has 110 valence electrons. The molecule has 2 rings (SSSR count). The average molecular weight is 390 g/mol. The van der Waals surface area contributed by atoms with Crippen molar-refractivity contribution >= 4 is 49.1 Å². The van der Waals surface area contributed by atoms with Crippen LogP contribution in [0.3, 0.4) is 0 Å². The number of primary sulfonamides is 1. The van der Waals surface area contributed by atoms with Crippen molar-refractivity contribution in [2.45, 2.75) is 4.90 Å². The molecule has 0 aromatic heterocycles. The summed E-state index contributed by atoms with van der Waals surface area (Å²) in [5, 5.41) is 7.58. The van der Waals surface area contributed by atoms with Gasteiger partial charge in [0.05, 0.1) is 5.02 Å². The van der Waals surface area contributed by atoms with Crippen LogP contribution < -0.4 is 10.5 Å². The first-order valence-electron chi connectivity index (χ1n) is 5.66. The first-order valence-corrected chi connectivity index (χ1v) is 8.38. The van der Waals surface area contributed by atoms with Crippen molar-refractivity contribution in [1.82, 2.24) is 0 Å². The number of sulfonamides is 1. The zero-order valence-corrected chi connectivity index (χ0v) is 13.7. The Hall–Kier alpha value is -1.41. The second-order valence-electron chi connectivity index (χ2n) is 4.15. The second-order valence-corrected chi connectivity index (χ2v) is 7.00. The van der Waals surface area contributed by atoms with E-state index >= 15 is 0 Å². The summed E-state index contributed by atoms with van der Waals surface area (Å²) < 4.78 is 23.3. The molecule has 0 aliphatic carbocycles. The number of hydrogen-bond donors (Lipinski definition) is 2. The van der Waals surface area contributed by atoms with E-state index in [1.807, 2.05) is 0 Å². The van der Waals surface area contributed by atoms with Gasteiger partial charge in [0.15, 0.2) is 0 Å². The third kappa shape index (κ3) is 4.04. The molecule has 0 spiro atoms. The second kappa shape index (κ2) is 6.15. The average Bonchev–Trinajstić information content (AvgIpc) is 2.37. The molecule has 0 fully saturated rings. The third-order valence-electron chi connectivity index (χ3n) is 2.60. The largest absolute Gasteiger partial charge is 0.322 e. The van der Waals surface area contributed by atoms with Crippen LogP contribution >= 0.6 is 27.5 Å². The molecule has 5 nitrogen and oxygen atoms in total. The molecule has 0 unspecified atom stereocenters. The van der Waals surface area contributed by atoms with Crippen LogP contribution in [0, 0.1) is 0 Å². The highest BCUT2D eigenvalue weighted by atomic mass is 79.9. The summed E-state index contributed by atoms with van der Waals surface area (Å²) >= 11 is 9.13. The van der Waals surface area contributed by atoms with Crippen LogP contribution in [0.5, 0.6) is 0 Å². The highest BCUT2D eigenvalue weighted by molar-refractivity contribution is 9.10. The molecule has 2 aromatic rings. The first-order chi connectivity index (χ1) is 9.77. The minimum absolute atomic E-state index is 0.0499. The van der Waals surface area contributed by atoms with Gasteiger partial charge < -0.3 is 5.32 Å². The fourth-order valence-corrected chi connectivity index (χ4v) is 2.97. The van der Waals surface area contributed by atoms with Crippen molar-refractivity contribution in [1.29, 1.82) is 0 Å². The Morgan fingerprint density at radius 3 is 2.29 bits per heavy atom. The van der Waals surface area contributed by atoms with Crippen molar-refractivity contribution in [2.75, 3.05) is 5.32 Å². The number of carbonyl (C=O) groups excluding carboxylic acids is 1. The predicted octanol–water partition coefficient (Wildman–Crippen LogP) is 3.00. The van der Waals surface area contributed by atoms with E-state index in [2.05, 4.69) is 21.2 Å². The molecule has 3 N–H and O–H groups in total. The molecule has 2 aromatic carbocycles. The summed E-state index contributed by atoms with van der Waals surface area (Å²) in [5.41, 5.74) is 0.838. The molecule has 1 amide bonds. The Morgan fingerprint density at radius 2 is 1.76 bits per heavy atom.